The summed E-state index contributed by atoms with van der Waals surface area (Å²) in [6.07, 6.45) is 3.53. The van der Waals surface area contributed by atoms with E-state index in [1.54, 1.807) is 23.0 Å². The Labute approximate surface area is 135 Å². The Bertz CT molecular complexity index is 689. The van der Waals surface area contributed by atoms with Crippen molar-refractivity contribution in [2.24, 2.45) is 0 Å². The zero-order valence-electron chi connectivity index (χ0n) is 13.4. The van der Waals surface area contributed by atoms with E-state index in [9.17, 15) is 9.18 Å². The van der Waals surface area contributed by atoms with Gasteiger partial charge in [0.1, 0.15) is 5.82 Å². The topological polar surface area (TPSA) is 50.2 Å². The van der Waals surface area contributed by atoms with Crippen molar-refractivity contribution in [1.29, 1.82) is 0 Å². The third-order valence-electron chi connectivity index (χ3n) is 4.49. The lowest BCUT2D eigenvalue weighted by Gasteiger charge is -2.31. The van der Waals surface area contributed by atoms with Crippen LogP contribution in [0.1, 0.15) is 28.9 Å². The van der Waals surface area contributed by atoms with Gasteiger partial charge in [0.2, 0.25) is 0 Å². The summed E-state index contributed by atoms with van der Waals surface area (Å²) in [5.41, 5.74) is 2.10. The van der Waals surface area contributed by atoms with Crippen molar-refractivity contribution < 1.29 is 9.18 Å². The lowest BCUT2D eigenvalue weighted by Crippen LogP contribution is -2.44. The van der Waals surface area contributed by atoms with Crippen LogP contribution in [0.5, 0.6) is 0 Å². The molecule has 1 N–H and O–H groups in total. The molecule has 122 valence electrons. The van der Waals surface area contributed by atoms with Gasteiger partial charge in [-0.25, -0.2) is 9.07 Å². The summed E-state index contributed by atoms with van der Waals surface area (Å²) in [7, 11) is 1.85. The molecule has 0 unspecified atom stereocenters. The van der Waals surface area contributed by atoms with E-state index in [2.05, 4.69) is 10.4 Å². The number of halogens is 1. The van der Waals surface area contributed by atoms with Crippen LogP contribution >= 0.6 is 0 Å². The first kappa shape index (κ1) is 15.7. The predicted molar refractivity (Wildman–Crippen MR) is 86.2 cm³/mol. The van der Waals surface area contributed by atoms with E-state index in [0.29, 0.717) is 5.56 Å². The zero-order valence-corrected chi connectivity index (χ0v) is 13.4. The number of aromatic nitrogens is 2. The highest BCUT2D eigenvalue weighted by Gasteiger charge is 2.25. The molecule has 1 aliphatic rings. The fourth-order valence-electron chi connectivity index (χ4n) is 3.01. The number of piperidine rings is 1. The molecule has 5 nitrogen and oxygen atoms in total. The number of hydrogen-bond donors (Lipinski definition) is 1. The molecule has 23 heavy (non-hydrogen) atoms. The molecule has 1 aliphatic heterocycles. The maximum absolute atomic E-state index is 13.1. The Morgan fingerprint density at radius 2 is 1.96 bits per heavy atom. The van der Waals surface area contributed by atoms with E-state index in [4.69, 9.17) is 0 Å². The molecule has 0 radical (unpaired) electrons. The van der Waals surface area contributed by atoms with Gasteiger partial charge >= 0.3 is 0 Å². The van der Waals surface area contributed by atoms with Crippen LogP contribution in [-0.4, -0.2) is 46.8 Å². The van der Waals surface area contributed by atoms with Crippen molar-refractivity contribution in [3.05, 3.63) is 47.5 Å². The molecule has 1 amide bonds. The number of nitrogens with zero attached hydrogens (tertiary/aromatic N) is 3. The second kappa shape index (κ2) is 6.50. The average molecular weight is 316 g/mol. The first-order valence-corrected chi connectivity index (χ1v) is 7.86. The minimum absolute atomic E-state index is 0.0113. The van der Waals surface area contributed by atoms with Crippen LogP contribution in [0.4, 0.5) is 4.39 Å². The van der Waals surface area contributed by atoms with Crippen molar-refractivity contribution in [2.45, 2.75) is 25.8 Å². The Hall–Kier alpha value is -2.21. The number of benzene rings is 1. The van der Waals surface area contributed by atoms with Gasteiger partial charge < -0.3 is 10.2 Å². The lowest BCUT2D eigenvalue weighted by atomic mass is 10.0. The Balaban J connectivity index is 1.83. The normalized spacial score (nSPS) is 15.6. The smallest absolute Gasteiger partial charge is 0.257 e. The number of nitrogens with one attached hydrogen (secondary N) is 1. The second-order valence-corrected chi connectivity index (χ2v) is 5.93. The number of carbonyl (C=O) groups excluding carboxylic acids is 1. The van der Waals surface area contributed by atoms with Crippen LogP contribution < -0.4 is 5.32 Å². The largest absolute Gasteiger partial charge is 0.339 e. The summed E-state index contributed by atoms with van der Waals surface area (Å²) in [4.78, 5) is 14.6. The number of rotatable bonds is 3. The summed E-state index contributed by atoms with van der Waals surface area (Å²) in [5, 5.41) is 7.60. The molecule has 2 aromatic rings. The number of amides is 1. The molecule has 1 aromatic carbocycles. The molecule has 0 saturated carbocycles. The maximum Gasteiger partial charge on any atom is 0.257 e. The van der Waals surface area contributed by atoms with Crippen LogP contribution in [0.25, 0.3) is 5.69 Å². The van der Waals surface area contributed by atoms with Gasteiger partial charge in [0.25, 0.3) is 5.91 Å². The molecule has 0 bridgehead atoms. The molecule has 1 saturated heterocycles. The summed E-state index contributed by atoms with van der Waals surface area (Å²) >= 11 is 0. The van der Waals surface area contributed by atoms with E-state index >= 15 is 0 Å². The van der Waals surface area contributed by atoms with Crippen LogP contribution in [0.2, 0.25) is 0 Å². The Morgan fingerprint density at radius 3 is 2.61 bits per heavy atom. The van der Waals surface area contributed by atoms with Crippen LogP contribution in [0.3, 0.4) is 0 Å². The summed E-state index contributed by atoms with van der Waals surface area (Å²) < 4.78 is 14.7. The first-order chi connectivity index (χ1) is 11.1. The van der Waals surface area contributed by atoms with Gasteiger partial charge in [0.05, 0.1) is 23.1 Å². The third kappa shape index (κ3) is 3.12. The van der Waals surface area contributed by atoms with Crippen molar-refractivity contribution in [1.82, 2.24) is 20.0 Å². The molecule has 0 spiro atoms. The van der Waals surface area contributed by atoms with E-state index in [1.165, 1.54) is 12.1 Å². The highest BCUT2D eigenvalue weighted by atomic mass is 19.1. The van der Waals surface area contributed by atoms with E-state index < -0.39 is 0 Å². The minimum Gasteiger partial charge on any atom is -0.339 e. The van der Waals surface area contributed by atoms with Crippen LogP contribution in [0, 0.1) is 12.7 Å². The lowest BCUT2D eigenvalue weighted by molar-refractivity contribution is 0.0702. The zero-order chi connectivity index (χ0) is 16.4. The highest BCUT2D eigenvalue weighted by Crippen LogP contribution is 2.19. The van der Waals surface area contributed by atoms with Crippen molar-refractivity contribution in [3.8, 4) is 5.69 Å². The second-order valence-electron chi connectivity index (χ2n) is 5.93. The van der Waals surface area contributed by atoms with E-state index in [0.717, 1.165) is 37.3 Å². The molecule has 0 aliphatic carbocycles. The maximum atomic E-state index is 13.1. The van der Waals surface area contributed by atoms with Crippen LogP contribution in [0.15, 0.2) is 30.5 Å². The average Bonchev–Trinajstić information content (AvgIpc) is 2.96. The van der Waals surface area contributed by atoms with E-state index in [-0.39, 0.29) is 17.8 Å². The molecule has 3 rings (SSSR count). The molecular formula is C17H21FN4O. The van der Waals surface area contributed by atoms with Gasteiger partial charge in [0.15, 0.2) is 0 Å². The minimum atomic E-state index is -0.291. The fourth-order valence-corrected chi connectivity index (χ4v) is 3.01. The molecule has 6 heteroatoms. The number of hydrogen-bond acceptors (Lipinski definition) is 3. The first-order valence-electron chi connectivity index (χ1n) is 7.86. The standard InChI is InChI=1S/C17H21FN4O/c1-12-16(17(23)21(2)14-7-9-19-10-8-14)11-20-22(12)15-5-3-13(18)4-6-15/h3-6,11,14,19H,7-10H2,1-2H3. The molecule has 1 fully saturated rings. The van der Waals surface area contributed by atoms with Gasteiger partial charge in [-0.05, 0) is 57.1 Å². The van der Waals surface area contributed by atoms with Crippen LogP contribution in [-0.2, 0) is 0 Å². The van der Waals surface area contributed by atoms with E-state index in [1.807, 2.05) is 18.9 Å². The fraction of sp³-hybridized carbons (Fsp3) is 0.412. The Morgan fingerprint density at radius 1 is 1.30 bits per heavy atom. The summed E-state index contributed by atoms with van der Waals surface area (Å²) in [6.45, 7) is 3.74. The van der Waals surface area contributed by atoms with Gasteiger partial charge in [-0.15, -0.1) is 0 Å². The summed E-state index contributed by atoms with van der Waals surface area (Å²) in [5.74, 6) is -0.303. The van der Waals surface area contributed by atoms with Gasteiger partial charge in [0, 0.05) is 13.1 Å². The predicted octanol–water partition coefficient (Wildman–Crippen LogP) is 2.14. The quantitative estimate of drug-likeness (QED) is 0.944. The monoisotopic (exact) mass is 316 g/mol. The molecule has 0 atom stereocenters. The molecule has 2 heterocycles. The van der Waals surface area contributed by atoms with Crippen molar-refractivity contribution >= 4 is 5.91 Å². The molecule has 1 aromatic heterocycles. The number of carbonyl (C=O) groups is 1. The van der Waals surface area contributed by atoms with Crippen molar-refractivity contribution in [3.63, 3.8) is 0 Å². The SMILES string of the molecule is Cc1c(C(=O)N(C)C2CCNCC2)cnn1-c1ccc(F)cc1. The summed E-state index contributed by atoms with van der Waals surface area (Å²) in [6, 6.07) is 6.34. The third-order valence-corrected chi connectivity index (χ3v) is 4.49. The van der Waals surface area contributed by atoms with Gasteiger partial charge in [-0.2, -0.15) is 5.10 Å². The molecular weight excluding hydrogens is 295 g/mol. The van der Waals surface area contributed by atoms with Gasteiger partial charge in [-0.3, -0.25) is 4.79 Å². The highest BCUT2D eigenvalue weighted by molar-refractivity contribution is 5.95. The Kier molecular flexibility index (Phi) is 4.43. The van der Waals surface area contributed by atoms with Crippen molar-refractivity contribution in [2.75, 3.05) is 20.1 Å². The van der Waals surface area contributed by atoms with Gasteiger partial charge in [-0.1, -0.05) is 0 Å².